The van der Waals surface area contributed by atoms with Crippen LogP contribution in [0.2, 0.25) is 0 Å². The summed E-state index contributed by atoms with van der Waals surface area (Å²) in [5.74, 6) is -1.64. The predicted octanol–water partition coefficient (Wildman–Crippen LogP) is 4.34. The van der Waals surface area contributed by atoms with Crippen LogP contribution in [0.15, 0.2) is 71.9 Å². The summed E-state index contributed by atoms with van der Waals surface area (Å²) in [5.41, 5.74) is 1.41. The van der Waals surface area contributed by atoms with Crippen molar-refractivity contribution >= 4 is 28.4 Å². The van der Waals surface area contributed by atoms with E-state index in [1.165, 1.54) is 27.7 Å². The molecular weight excluding hydrogens is 503 g/mol. The van der Waals surface area contributed by atoms with E-state index >= 15 is 0 Å². The Balaban J connectivity index is 1.61. The SMILES string of the molecule is CC(C)(C)c1ccc2c(=O)n(-c3cccc(-n4cc(C(=O)O)c(Nc5ccc(F)cn5)n4)c3CO)ncc2c1. The molecule has 0 unspecified atom stereocenters. The Labute approximate surface area is 222 Å². The molecule has 0 aliphatic rings. The second-order valence-corrected chi connectivity index (χ2v) is 9.97. The average Bonchev–Trinajstić information content (AvgIpc) is 3.33. The number of nitrogens with zero attached hydrogens (tertiary/aromatic N) is 5. The monoisotopic (exact) mass is 528 g/mol. The molecule has 3 N–H and O–H groups in total. The van der Waals surface area contributed by atoms with Crippen LogP contribution in [0, 0.1) is 5.82 Å². The minimum absolute atomic E-state index is 0.0356. The van der Waals surface area contributed by atoms with Crippen molar-refractivity contribution in [1.82, 2.24) is 24.5 Å². The van der Waals surface area contributed by atoms with Crippen LogP contribution in [0.25, 0.3) is 22.1 Å². The van der Waals surface area contributed by atoms with Crippen molar-refractivity contribution in [3.05, 3.63) is 100.0 Å². The molecule has 0 spiro atoms. The first-order chi connectivity index (χ1) is 18.6. The molecule has 5 aromatic rings. The standard InChI is InChI=1S/C28H25FN6O4/c1-28(2,3)17-7-9-19-16(11-17)12-31-35(26(19)37)23-6-4-5-22(21(23)15-36)34-14-20(27(38)39)25(33-34)32-24-10-8-18(29)13-30-24/h4-14,36H,15H2,1-3H3,(H,38,39)(H,30,32,33). The largest absolute Gasteiger partial charge is 0.477 e. The van der Waals surface area contributed by atoms with Gasteiger partial charge in [0.15, 0.2) is 5.82 Å². The summed E-state index contributed by atoms with van der Waals surface area (Å²) in [5, 5.41) is 32.7. The van der Waals surface area contributed by atoms with E-state index in [9.17, 15) is 24.2 Å². The van der Waals surface area contributed by atoms with Gasteiger partial charge in [-0.15, -0.1) is 5.10 Å². The number of aromatic carboxylic acids is 1. The number of hydrogen-bond acceptors (Lipinski definition) is 7. The first-order valence-electron chi connectivity index (χ1n) is 12.0. The van der Waals surface area contributed by atoms with E-state index < -0.39 is 18.4 Å². The lowest BCUT2D eigenvalue weighted by Gasteiger charge is -2.19. The lowest BCUT2D eigenvalue weighted by molar-refractivity contribution is 0.0698. The number of rotatable bonds is 6. The maximum atomic E-state index is 13.5. The summed E-state index contributed by atoms with van der Waals surface area (Å²) in [7, 11) is 0. The van der Waals surface area contributed by atoms with Crippen molar-refractivity contribution in [2.75, 3.05) is 5.32 Å². The fraction of sp³-hybridized carbons (Fsp3) is 0.179. The first-order valence-corrected chi connectivity index (χ1v) is 12.0. The molecule has 0 radical (unpaired) electrons. The maximum Gasteiger partial charge on any atom is 0.341 e. The topological polar surface area (TPSA) is 135 Å². The van der Waals surface area contributed by atoms with Crippen LogP contribution in [0.4, 0.5) is 16.0 Å². The number of carbonyl (C=O) groups is 1. The van der Waals surface area contributed by atoms with E-state index in [0.717, 1.165) is 11.8 Å². The summed E-state index contributed by atoms with van der Waals surface area (Å²) in [6, 6.07) is 13.1. The van der Waals surface area contributed by atoms with Crippen molar-refractivity contribution in [1.29, 1.82) is 0 Å². The molecule has 198 valence electrons. The number of halogens is 1. The van der Waals surface area contributed by atoms with Crippen LogP contribution in [0.3, 0.4) is 0 Å². The van der Waals surface area contributed by atoms with Gasteiger partial charge >= 0.3 is 5.97 Å². The number of aromatic nitrogens is 5. The molecule has 0 aliphatic heterocycles. The highest BCUT2D eigenvalue weighted by Crippen LogP contribution is 2.27. The van der Waals surface area contributed by atoms with Crippen LogP contribution in [0.1, 0.15) is 42.3 Å². The van der Waals surface area contributed by atoms with Gasteiger partial charge in [0.25, 0.3) is 5.56 Å². The van der Waals surface area contributed by atoms with Gasteiger partial charge in [0.1, 0.15) is 17.2 Å². The van der Waals surface area contributed by atoms with Crippen LogP contribution >= 0.6 is 0 Å². The van der Waals surface area contributed by atoms with E-state index in [1.54, 1.807) is 30.5 Å². The van der Waals surface area contributed by atoms with E-state index in [4.69, 9.17) is 0 Å². The van der Waals surface area contributed by atoms with Gasteiger partial charge in [0, 0.05) is 17.1 Å². The third kappa shape index (κ3) is 4.87. The number of aliphatic hydroxyl groups is 1. The van der Waals surface area contributed by atoms with Crippen molar-refractivity contribution in [2.24, 2.45) is 0 Å². The molecule has 3 heterocycles. The summed E-state index contributed by atoms with van der Waals surface area (Å²) >= 11 is 0. The summed E-state index contributed by atoms with van der Waals surface area (Å²) in [6.07, 6.45) is 3.87. The van der Waals surface area contributed by atoms with E-state index in [2.05, 4.69) is 41.3 Å². The highest BCUT2D eigenvalue weighted by molar-refractivity contribution is 5.93. The van der Waals surface area contributed by atoms with Gasteiger partial charge < -0.3 is 15.5 Å². The molecule has 10 nitrogen and oxygen atoms in total. The lowest BCUT2D eigenvalue weighted by atomic mass is 9.86. The summed E-state index contributed by atoms with van der Waals surface area (Å²) in [4.78, 5) is 29.3. The quantitative estimate of drug-likeness (QED) is 0.296. The van der Waals surface area contributed by atoms with Crippen LogP contribution < -0.4 is 10.9 Å². The molecule has 0 aliphatic carbocycles. The molecular formula is C28H25FN6O4. The normalized spacial score (nSPS) is 11.6. The zero-order valence-electron chi connectivity index (χ0n) is 21.4. The number of aliphatic hydroxyl groups excluding tert-OH is 1. The Morgan fingerprint density at radius 2 is 1.85 bits per heavy atom. The molecule has 0 bridgehead atoms. The van der Waals surface area contributed by atoms with Crippen molar-refractivity contribution in [3.63, 3.8) is 0 Å². The Morgan fingerprint density at radius 3 is 2.51 bits per heavy atom. The number of anilines is 2. The number of carboxylic acid groups (broad SMARTS) is 1. The zero-order chi connectivity index (χ0) is 27.9. The molecule has 3 aromatic heterocycles. The van der Waals surface area contributed by atoms with Gasteiger partial charge in [0.2, 0.25) is 0 Å². The molecule has 0 amide bonds. The Kier molecular flexibility index (Phi) is 6.44. The van der Waals surface area contributed by atoms with Gasteiger partial charge in [0.05, 0.1) is 35.8 Å². The van der Waals surface area contributed by atoms with Gasteiger partial charge in [-0.25, -0.2) is 18.9 Å². The molecule has 0 saturated heterocycles. The van der Waals surface area contributed by atoms with Crippen LogP contribution in [-0.2, 0) is 12.0 Å². The van der Waals surface area contributed by atoms with E-state index in [1.807, 2.05) is 12.1 Å². The third-order valence-corrected chi connectivity index (χ3v) is 6.33. The molecule has 0 fully saturated rings. The van der Waals surface area contributed by atoms with Crippen LogP contribution in [-0.4, -0.2) is 40.7 Å². The second kappa shape index (κ2) is 9.76. The summed E-state index contributed by atoms with van der Waals surface area (Å²) < 4.78 is 15.7. The third-order valence-electron chi connectivity index (χ3n) is 6.33. The van der Waals surface area contributed by atoms with Gasteiger partial charge in [-0.2, -0.15) is 9.78 Å². The van der Waals surface area contributed by atoms with Crippen molar-refractivity contribution in [2.45, 2.75) is 32.8 Å². The van der Waals surface area contributed by atoms with E-state index in [-0.39, 0.29) is 28.2 Å². The number of pyridine rings is 1. The average molecular weight is 529 g/mol. The van der Waals surface area contributed by atoms with Gasteiger partial charge in [-0.3, -0.25) is 4.79 Å². The second-order valence-electron chi connectivity index (χ2n) is 9.97. The minimum atomic E-state index is -1.25. The van der Waals surface area contributed by atoms with E-state index in [0.29, 0.717) is 27.7 Å². The highest BCUT2D eigenvalue weighted by Gasteiger charge is 2.21. The predicted molar refractivity (Wildman–Crippen MR) is 144 cm³/mol. The van der Waals surface area contributed by atoms with Crippen molar-refractivity contribution < 1.29 is 19.4 Å². The minimum Gasteiger partial charge on any atom is -0.477 e. The van der Waals surface area contributed by atoms with Crippen LogP contribution in [0.5, 0.6) is 0 Å². The van der Waals surface area contributed by atoms with Gasteiger partial charge in [-0.05, 0) is 47.4 Å². The fourth-order valence-corrected chi connectivity index (χ4v) is 4.24. The maximum absolute atomic E-state index is 13.5. The molecule has 0 saturated carbocycles. The molecule has 39 heavy (non-hydrogen) atoms. The Bertz CT molecular complexity index is 1770. The number of carboxylic acids is 1. The lowest BCUT2D eigenvalue weighted by Crippen LogP contribution is -2.23. The molecule has 0 atom stereocenters. The smallest absolute Gasteiger partial charge is 0.341 e. The summed E-state index contributed by atoms with van der Waals surface area (Å²) in [6.45, 7) is 5.78. The number of hydrogen-bond donors (Lipinski definition) is 3. The molecule has 11 heteroatoms. The number of fused-ring (bicyclic) bond motifs is 1. The highest BCUT2D eigenvalue weighted by atomic mass is 19.1. The Hall–Kier alpha value is -4.90. The zero-order valence-corrected chi connectivity index (χ0v) is 21.4. The van der Waals surface area contributed by atoms with Gasteiger partial charge in [-0.1, -0.05) is 32.9 Å². The Morgan fingerprint density at radius 1 is 1.08 bits per heavy atom. The molecule has 5 rings (SSSR count). The number of nitrogens with one attached hydrogen (secondary N) is 1. The van der Waals surface area contributed by atoms with Crippen molar-refractivity contribution in [3.8, 4) is 11.4 Å². The first kappa shape index (κ1) is 25.7. The number of benzene rings is 2. The fourth-order valence-electron chi connectivity index (χ4n) is 4.24. The molecule has 2 aromatic carbocycles.